The van der Waals surface area contributed by atoms with E-state index < -0.39 is 0 Å². The first kappa shape index (κ1) is 12.0. The molecule has 0 amide bonds. The van der Waals surface area contributed by atoms with E-state index in [1.54, 1.807) is 0 Å². The normalized spacial score (nSPS) is 13.5. The van der Waals surface area contributed by atoms with Gasteiger partial charge in [-0.15, -0.1) is 0 Å². The van der Waals surface area contributed by atoms with Crippen molar-refractivity contribution in [1.82, 2.24) is 15.1 Å². The van der Waals surface area contributed by atoms with Crippen molar-refractivity contribution in [2.75, 3.05) is 4.43 Å². The number of rotatable bonds is 5. The van der Waals surface area contributed by atoms with E-state index in [1.165, 1.54) is 0 Å². The maximum absolute atomic E-state index is 4.33. The summed E-state index contributed by atoms with van der Waals surface area (Å²) in [6, 6.07) is 2.63. The highest BCUT2D eigenvalue weighted by Crippen LogP contribution is 2.06. The van der Waals surface area contributed by atoms with Gasteiger partial charge in [0.05, 0.1) is 5.69 Å². The van der Waals surface area contributed by atoms with Gasteiger partial charge in [0.15, 0.2) is 0 Å². The number of hydrogen-bond donors (Lipinski definition) is 1. The van der Waals surface area contributed by atoms with Crippen LogP contribution in [-0.4, -0.2) is 20.2 Å². The zero-order chi connectivity index (χ0) is 10.6. The Labute approximate surface area is 99.4 Å². The predicted octanol–water partition coefficient (Wildman–Crippen LogP) is 1.97. The number of hydrogen-bond acceptors (Lipinski definition) is 2. The molecule has 4 heteroatoms. The summed E-state index contributed by atoms with van der Waals surface area (Å²) < 4.78 is 2.98. The van der Waals surface area contributed by atoms with Crippen LogP contribution in [0.5, 0.6) is 0 Å². The molecule has 1 aromatic rings. The minimum absolute atomic E-state index is 0.581. The highest BCUT2D eigenvalue weighted by atomic mass is 127. The Morgan fingerprint density at radius 3 is 2.71 bits per heavy atom. The van der Waals surface area contributed by atoms with Crippen molar-refractivity contribution in [3.63, 3.8) is 0 Å². The van der Waals surface area contributed by atoms with Crippen LogP contribution in [-0.2, 0) is 13.6 Å². The van der Waals surface area contributed by atoms with E-state index in [4.69, 9.17) is 0 Å². The predicted molar refractivity (Wildman–Crippen MR) is 67.6 cm³/mol. The van der Waals surface area contributed by atoms with Gasteiger partial charge in [-0.05, 0) is 12.0 Å². The smallest absolute Gasteiger partial charge is 0.0762 e. The van der Waals surface area contributed by atoms with E-state index in [0.717, 1.165) is 16.7 Å². The fourth-order valence-corrected chi connectivity index (χ4v) is 2.59. The Morgan fingerprint density at radius 1 is 1.57 bits per heavy atom. The molecule has 0 spiro atoms. The van der Waals surface area contributed by atoms with Crippen LogP contribution in [0, 0.1) is 5.92 Å². The Hall–Kier alpha value is -0.100. The first-order valence-corrected chi connectivity index (χ1v) is 6.44. The number of aromatic nitrogens is 2. The zero-order valence-corrected chi connectivity index (χ0v) is 11.2. The van der Waals surface area contributed by atoms with Crippen molar-refractivity contribution in [3.05, 3.63) is 18.0 Å². The van der Waals surface area contributed by atoms with E-state index in [2.05, 4.69) is 52.9 Å². The summed E-state index contributed by atoms with van der Waals surface area (Å²) in [6.07, 6.45) is 1.98. The molecule has 0 fully saturated rings. The maximum atomic E-state index is 4.33. The SMILES string of the molecule is CC(C)C(CI)NCc1ccn(C)n1. The van der Waals surface area contributed by atoms with Crippen LogP contribution in [0.3, 0.4) is 0 Å². The Bertz CT molecular complexity index is 270. The summed E-state index contributed by atoms with van der Waals surface area (Å²) in [5.74, 6) is 0.676. The van der Waals surface area contributed by atoms with Crippen molar-refractivity contribution in [3.8, 4) is 0 Å². The minimum atomic E-state index is 0.581. The summed E-state index contributed by atoms with van der Waals surface area (Å²) in [5, 5.41) is 7.84. The monoisotopic (exact) mass is 307 g/mol. The molecule has 0 aliphatic carbocycles. The van der Waals surface area contributed by atoms with Gasteiger partial charge in [-0.2, -0.15) is 5.10 Å². The number of aryl methyl sites for hydroxylation is 1. The lowest BCUT2D eigenvalue weighted by molar-refractivity contribution is 0.433. The average Bonchev–Trinajstić information content (AvgIpc) is 2.52. The van der Waals surface area contributed by atoms with Gasteiger partial charge in [0.1, 0.15) is 0 Å². The van der Waals surface area contributed by atoms with Gasteiger partial charge in [0, 0.05) is 30.3 Å². The van der Waals surface area contributed by atoms with Gasteiger partial charge >= 0.3 is 0 Å². The lowest BCUT2D eigenvalue weighted by Gasteiger charge is -2.19. The van der Waals surface area contributed by atoms with Crippen molar-refractivity contribution in [2.45, 2.75) is 26.4 Å². The summed E-state index contributed by atoms with van der Waals surface area (Å²) >= 11 is 2.42. The molecule has 0 aliphatic heterocycles. The van der Waals surface area contributed by atoms with Crippen molar-refractivity contribution in [1.29, 1.82) is 0 Å². The Kier molecular flexibility index (Phi) is 4.88. The lowest BCUT2D eigenvalue weighted by atomic mass is 10.1. The highest BCUT2D eigenvalue weighted by molar-refractivity contribution is 14.1. The van der Waals surface area contributed by atoms with Gasteiger partial charge in [-0.1, -0.05) is 36.4 Å². The molecule has 1 atom stereocenters. The van der Waals surface area contributed by atoms with Crippen LogP contribution < -0.4 is 5.32 Å². The standard InChI is InChI=1S/C10H18IN3/c1-8(2)10(6-11)12-7-9-4-5-14(3)13-9/h4-5,8,10,12H,6-7H2,1-3H3. The van der Waals surface area contributed by atoms with E-state index in [9.17, 15) is 0 Å². The third-order valence-electron chi connectivity index (χ3n) is 2.29. The third-order valence-corrected chi connectivity index (χ3v) is 3.23. The molecule has 1 heterocycles. The molecule has 0 radical (unpaired) electrons. The van der Waals surface area contributed by atoms with Crippen LogP contribution in [0.1, 0.15) is 19.5 Å². The molecule has 1 N–H and O–H groups in total. The van der Waals surface area contributed by atoms with E-state index in [1.807, 2.05) is 17.9 Å². The van der Waals surface area contributed by atoms with E-state index in [0.29, 0.717) is 12.0 Å². The quantitative estimate of drug-likeness (QED) is 0.666. The lowest BCUT2D eigenvalue weighted by Crippen LogP contribution is -2.34. The van der Waals surface area contributed by atoms with Crippen LogP contribution in [0.15, 0.2) is 12.3 Å². The number of halogens is 1. The minimum Gasteiger partial charge on any atom is -0.307 e. The molecule has 80 valence electrons. The van der Waals surface area contributed by atoms with Crippen LogP contribution in [0.2, 0.25) is 0 Å². The third kappa shape index (κ3) is 3.57. The van der Waals surface area contributed by atoms with Crippen molar-refractivity contribution < 1.29 is 0 Å². The van der Waals surface area contributed by atoms with Crippen molar-refractivity contribution in [2.24, 2.45) is 13.0 Å². The van der Waals surface area contributed by atoms with Crippen LogP contribution >= 0.6 is 22.6 Å². The summed E-state index contributed by atoms with van der Waals surface area (Å²) in [4.78, 5) is 0. The molecular formula is C10H18IN3. The van der Waals surface area contributed by atoms with E-state index >= 15 is 0 Å². The Balaban J connectivity index is 2.39. The molecule has 0 aromatic carbocycles. The topological polar surface area (TPSA) is 29.9 Å². The molecule has 3 nitrogen and oxygen atoms in total. The first-order valence-electron chi connectivity index (χ1n) is 4.91. The summed E-state index contributed by atoms with van der Waals surface area (Å²) in [5.41, 5.74) is 1.11. The van der Waals surface area contributed by atoms with Gasteiger partial charge < -0.3 is 5.32 Å². The second-order valence-electron chi connectivity index (χ2n) is 3.87. The summed E-state index contributed by atoms with van der Waals surface area (Å²) in [6.45, 7) is 5.36. The Morgan fingerprint density at radius 2 is 2.29 bits per heavy atom. The second-order valence-corrected chi connectivity index (χ2v) is 4.75. The van der Waals surface area contributed by atoms with Gasteiger partial charge in [-0.3, -0.25) is 4.68 Å². The molecular weight excluding hydrogens is 289 g/mol. The second kappa shape index (κ2) is 5.70. The first-order chi connectivity index (χ1) is 6.63. The van der Waals surface area contributed by atoms with Gasteiger partial charge in [-0.25, -0.2) is 0 Å². The fourth-order valence-electron chi connectivity index (χ4n) is 1.26. The summed E-state index contributed by atoms with van der Waals surface area (Å²) in [7, 11) is 1.95. The van der Waals surface area contributed by atoms with Crippen molar-refractivity contribution >= 4 is 22.6 Å². The van der Waals surface area contributed by atoms with Crippen LogP contribution in [0.25, 0.3) is 0 Å². The molecule has 0 bridgehead atoms. The molecule has 1 aromatic heterocycles. The largest absolute Gasteiger partial charge is 0.307 e. The fraction of sp³-hybridized carbons (Fsp3) is 0.700. The number of alkyl halides is 1. The van der Waals surface area contributed by atoms with Gasteiger partial charge in [0.2, 0.25) is 0 Å². The average molecular weight is 307 g/mol. The highest BCUT2D eigenvalue weighted by Gasteiger charge is 2.10. The number of nitrogens with zero attached hydrogens (tertiary/aromatic N) is 2. The zero-order valence-electron chi connectivity index (χ0n) is 9.00. The molecule has 1 unspecified atom stereocenters. The number of nitrogens with one attached hydrogen (secondary N) is 1. The van der Waals surface area contributed by atoms with Crippen LogP contribution in [0.4, 0.5) is 0 Å². The van der Waals surface area contributed by atoms with Gasteiger partial charge in [0.25, 0.3) is 0 Å². The maximum Gasteiger partial charge on any atom is 0.0762 e. The molecule has 1 rings (SSSR count). The van der Waals surface area contributed by atoms with E-state index in [-0.39, 0.29) is 0 Å². The molecule has 14 heavy (non-hydrogen) atoms. The molecule has 0 aliphatic rings. The molecule has 0 saturated carbocycles. The molecule has 0 saturated heterocycles.